The van der Waals surface area contributed by atoms with E-state index in [0.29, 0.717) is 23.9 Å². The molecule has 0 aromatic rings. The summed E-state index contributed by atoms with van der Waals surface area (Å²) in [7, 11) is 5.97. The third kappa shape index (κ3) is 71.9. The van der Waals surface area contributed by atoms with Gasteiger partial charge in [-0.05, 0) is 128 Å². The van der Waals surface area contributed by atoms with Crippen molar-refractivity contribution in [2.24, 2.45) is 0 Å². The molecule has 0 saturated heterocycles. The van der Waals surface area contributed by atoms with Crippen LogP contribution in [0.5, 0.6) is 0 Å². The number of carbonyl (C=O) groups excluding carboxylic acids is 2. The number of carboxylic acids is 1. The molecule has 0 amide bonds. The van der Waals surface area contributed by atoms with E-state index in [-0.39, 0.29) is 32.2 Å². The lowest BCUT2D eigenvalue weighted by Crippen LogP contribution is -2.40. The normalized spacial score (nSPS) is 13.7. The molecule has 0 fully saturated rings. The van der Waals surface area contributed by atoms with Crippen LogP contribution in [0.2, 0.25) is 0 Å². The average Bonchev–Trinajstić information content (AvgIpc) is 3.53. The zero-order valence-electron chi connectivity index (χ0n) is 58.7. The number of rotatable bonds is 65. The Bertz CT molecular complexity index is 2100. The number of aliphatic carboxylic acids is 1. The van der Waals surface area contributed by atoms with Gasteiger partial charge in [-0.1, -0.05) is 300 Å². The summed E-state index contributed by atoms with van der Waals surface area (Å²) in [5.41, 5.74) is 0. The summed E-state index contributed by atoms with van der Waals surface area (Å²) in [6.45, 7) is 4.64. The average molecular weight is 1260 g/mol. The molecule has 0 rings (SSSR count). The largest absolute Gasteiger partial charge is 0.477 e. The molecule has 0 aliphatic heterocycles. The molecule has 0 spiro atoms. The maximum absolute atomic E-state index is 13.0. The number of hydrogen-bond acceptors (Lipinski definition) is 7. The van der Waals surface area contributed by atoms with Gasteiger partial charge in [0.25, 0.3) is 6.29 Å². The lowest BCUT2D eigenvalue weighted by molar-refractivity contribution is -0.870. The van der Waals surface area contributed by atoms with Gasteiger partial charge in [0.2, 0.25) is 0 Å². The van der Waals surface area contributed by atoms with Gasteiger partial charge in [-0.25, -0.2) is 4.79 Å². The fraction of sp³-hybridized carbons (Fsp3) is 0.622. The molecule has 91 heavy (non-hydrogen) atoms. The zero-order chi connectivity index (χ0) is 66.1. The van der Waals surface area contributed by atoms with Crippen LogP contribution in [0, 0.1) is 0 Å². The van der Waals surface area contributed by atoms with Crippen molar-refractivity contribution < 1.29 is 42.9 Å². The monoisotopic (exact) mass is 1260 g/mol. The maximum atomic E-state index is 13.0. The number of quaternary nitrogens is 1. The van der Waals surface area contributed by atoms with Gasteiger partial charge in [0.05, 0.1) is 34.4 Å². The van der Waals surface area contributed by atoms with E-state index in [1.165, 1.54) is 103 Å². The van der Waals surface area contributed by atoms with Crippen molar-refractivity contribution in [3.63, 3.8) is 0 Å². The first kappa shape index (κ1) is 85.7. The van der Waals surface area contributed by atoms with Crippen LogP contribution in [-0.4, -0.2) is 87.4 Å². The van der Waals surface area contributed by atoms with E-state index in [2.05, 4.69) is 184 Å². The summed E-state index contributed by atoms with van der Waals surface area (Å²) in [4.78, 5) is 37.7. The third-order valence-corrected chi connectivity index (χ3v) is 15.0. The SMILES string of the molecule is CC/C=C\C/C=C\C/C=C\C/C=C\C/C=C\C/C=C\C/C=C\C/C=C\C/C=C\C/C=C\CCCCCCCCCCCCC(=O)OC(COC(=O)CCCCCCCCCCCCCC/C=C\C/C=C\C/C=C\C/C=C\CC)COC(OCC[N+](C)(C)C)C(=O)O. The molecule has 2 unspecified atom stereocenters. The fourth-order valence-corrected chi connectivity index (χ4v) is 9.50. The number of carbonyl (C=O) groups is 3. The molecular formula is C82H134NO8+. The highest BCUT2D eigenvalue weighted by atomic mass is 16.7. The van der Waals surface area contributed by atoms with Gasteiger partial charge in [-0.15, -0.1) is 0 Å². The van der Waals surface area contributed by atoms with Crippen molar-refractivity contribution in [2.75, 3.05) is 47.5 Å². The Kier molecular flexibility index (Phi) is 66.4. The van der Waals surface area contributed by atoms with Crippen molar-refractivity contribution in [1.82, 2.24) is 0 Å². The van der Waals surface area contributed by atoms with E-state index in [9.17, 15) is 19.5 Å². The predicted molar refractivity (Wildman–Crippen MR) is 391 cm³/mol. The molecule has 514 valence electrons. The number of likely N-dealkylation sites (N-methyl/N-ethyl adjacent to an activating group) is 1. The van der Waals surface area contributed by atoms with E-state index in [4.69, 9.17) is 18.9 Å². The minimum atomic E-state index is -1.52. The van der Waals surface area contributed by atoms with E-state index in [1.54, 1.807) is 0 Å². The highest BCUT2D eigenvalue weighted by Crippen LogP contribution is 2.16. The van der Waals surface area contributed by atoms with E-state index < -0.39 is 24.3 Å². The van der Waals surface area contributed by atoms with Crippen LogP contribution < -0.4 is 0 Å². The van der Waals surface area contributed by atoms with Gasteiger partial charge in [-0.3, -0.25) is 9.59 Å². The number of allylic oxidation sites excluding steroid dienone is 28. The highest BCUT2D eigenvalue weighted by Gasteiger charge is 2.25. The van der Waals surface area contributed by atoms with Crippen molar-refractivity contribution in [3.8, 4) is 0 Å². The quantitative estimate of drug-likeness (QED) is 0.0211. The summed E-state index contributed by atoms with van der Waals surface area (Å²) in [5, 5.41) is 9.75. The van der Waals surface area contributed by atoms with Crippen LogP contribution in [0.3, 0.4) is 0 Å². The molecule has 2 atom stereocenters. The second-order valence-electron chi connectivity index (χ2n) is 24.8. The Hall–Kier alpha value is -5.35. The number of unbranched alkanes of at least 4 members (excludes halogenated alkanes) is 22. The molecule has 0 aromatic heterocycles. The van der Waals surface area contributed by atoms with Crippen LogP contribution in [-0.2, 0) is 33.3 Å². The second-order valence-corrected chi connectivity index (χ2v) is 24.8. The fourth-order valence-electron chi connectivity index (χ4n) is 9.50. The van der Waals surface area contributed by atoms with E-state index >= 15 is 0 Å². The Morgan fingerprint density at radius 3 is 0.879 bits per heavy atom. The molecule has 0 saturated carbocycles. The first-order valence-electron chi connectivity index (χ1n) is 36.3. The van der Waals surface area contributed by atoms with Crippen LogP contribution in [0.1, 0.15) is 271 Å². The van der Waals surface area contributed by atoms with Crippen LogP contribution >= 0.6 is 0 Å². The van der Waals surface area contributed by atoms with Crippen LogP contribution in [0.15, 0.2) is 170 Å². The van der Waals surface area contributed by atoms with Crippen molar-refractivity contribution in [3.05, 3.63) is 170 Å². The highest BCUT2D eigenvalue weighted by molar-refractivity contribution is 5.71. The minimum Gasteiger partial charge on any atom is -0.477 e. The lowest BCUT2D eigenvalue weighted by Gasteiger charge is -2.25. The summed E-state index contributed by atoms with van der Waals surface area (Å²) >= 11 is 0. The molecular weight excluding hydrogens is 1130 g/mol. The Morgan fingerprint density at radius 2 is 0.593 bits per heavy atom. The zero-order valence-corrected chi connectivity index (χ0v) is 58.7. The van der Waals surface area contributed by atoms with Gasteiger partial charge < -0.3 is 28.5 Å². The maximum Gasteiger partial charge on any atom is 0.361 e. The molecule has 0 aliphatic rings. The summed E-state index contributed by atoms with van der Waals surface area (Å²) in [6.07, 6.45) is 103. The standard InChI is InChI=1S/C82H133NO8/c1-6-8-10-12-14-16-18-20-22-24-26-28-30-32-33-34-35-36-37-38-39-40-41-42-43-44-45-46-47-49-51-53-55-57-59-61-63-65-67-69-71-73-80(85)91-78(77-90-82(81(86)87)88-75-74-83(3,4)5)76-89-79(84)72-70-68-66-64-62-60-58-56-54-52-50-48-31-29-27-25-23-21-19-17-15-13-11-9-7-2/h8-11,14-17,20-23,26-29,32-33,35-36,38-39,41-42,44-45,47,49,78,82H,6-7,12-13,18-19,24-25,30-31,34,37,40,43,46,48,50-77H2,1-5H3/p+1/b10-8-,11-9-,16-14-,17-15-,22-20-,23-21-,28-26-,29-27-,33-32-,36-35-,39-38-,42-41-,45-44-,49-47-. The Labute approximate surface area is 558 Å². The van der Waals surface area contributed by atoms with Gasteiger partial charge in [0.1, 0.15) is 13.2 Å². The number of ether oxygens (including phenoxy) is 4. The van der Waals surface area contributed by atoms with E-state index in [0.717, 1.165) is 135 Å². The van der Waals surface area contributed by atoms with Gasteiger partial charge in [-0.2, -0.15) is 0 Å². The molecule has 0 bridgehead atoms. The second kappa shape index (κ2) is 70.5. The number of carboxylic acid groups (broad SMARTS) is 1. The molecule has 9 heteroatoms. The summed E-state index contributed by atoms with van der Waals surface area (Å²) < 4.78 is 23.0. The smallest absolute Gasteiger partial charge is 0.361 e. The third-order valence-electron chi connectivity index (χ3n) is 15.0. The van der Waals surface area contributed by atoms with Gasteiger partial charge in [0, 0.05) is 12.8 Å². The van der Waals surface area contributed by atoms with Crippen molar-refractivity contribution in [1.29, 1.82) is 0 Å². The number of nitrogens with zero attached hydrogens (tertiary/aromatic N) is 1. The molecule has 9 nitrogen and oxygen atoms in total. The van der Waals surface area contributed by atoms with Crippen molar-refractivity contribution >= 4 is 17.9 Å². The first-order chi connectivity index (χ1) is 44.6. The Balaban J connectivity index is 4.15. The van der Waals surface area contributed by atoms with E-state index in [1.807, 2.05) is 21.1 Å². The van der Waals surface area contributed by atoms with Gasteiger partial charge in [0.15, 0.2) is 6.10 Å². The first-order valence-corrected chi connectivity index (χ1v) is 36.3. The number of hydrogen-bond donors (Lipinski definition) is 1. The Morgan fingerprint density at radius 1 is 0.330 bits per heavy atom. The lowest BCUT2D eigenvalue weighted by atomic mass is 10.0. The summed E-state index contributed by atoms with van der Waals surface area (Å²) in [6, 6.07) is 0. The summed E-state index contributed by atoms with van der Waals surface area (Å²) in [5.74, 6) is -2.02. The van der Waals surface area contributed by atoms with Crippen LogP contribution in [0.4, 0.5) is 0 Å². The predicted octanol–water partition coefficient (Wildman–Crippen LogP) is 23.0. The topological polar surface area (TPSA) is 108 Å². The molecule has 0 radical (unpaired) electrons. The molecule has 0 aliphatic carbocycles. The molecule has 0 heterocycles. The van der Waals surface area contributed by atoms with Crippen LogP contribution in [0.25, 0.3) is 0 Å². The van der Waals surface area contributed by atoms with Crippen molar-refractivity contribution in [2.45, 2.75) is 283 Å². The molecule has 0 aromatic carbocycles. The minimum absolute atomic E-state index is 0.179. The molecule has 1 N–H and O–H groups in total. The van der Waals surface area contributed by atoms with Gasteiger partial charge >= 0.3 is 17.9 Å². The number of esters is 2.